The van der Waals surface area contributed by atoms with Crippen LogP contribution in [0.3, 0.4) is 0 Å². The lowest BCUT2D eigenvalue weighted by atomic mass is 10.0. The second kappa shape index (κ2) is 8.93. The number of pyridine rings is 2. The number of carbonyl (C=O) groups excluding carboxylic acids is 1. The van der Waals surface area contributed by atoms with Gasteiger partial charge in [-0.15, -0.1) is 0 Å². The SMILES string of the molecule is CC(c1ccccn1)N(C(=O)c1cc(-c2ccc3c(c2)OCCO3)nc2c1cnn2C(C)C)C1CC1. The molecule has 2 aliphatic rings. The topological polar surface area (TPSA) is 82.4 Å². The molecule has 4 aromatic rings. The molecule has 1 atom stereocenters. The Bertz CT molecular complexity index is 1430. The molecule has 1 saturated carbocycles. The molecule has 1 aliphatic carbocycles. The summed E-state index contributed by atoms with van der Waals surface area (Å²) < 4.78 is 13.4. The minimum Gasteiger partial charge on any atom is -0.486 e. The Morgan fingerprint density at radius 2 is 1.86 bits per heavy atom. The predicted octanol–water partition coefficient (Wildman–Crippen LogP) is 5.21. The first kappa shape index (κ1) is 22.5. The van der Waals surface area contributed by atoms with Crippen LogP contribution in [0.15, 0.2) is 54.9 Å². The summed E-state index contributed by atoms with van der Waals surface area (Å²) in [7, 11) is 0. The van der Waals surface area contributed by atoms with Gasteiger partial charge in [0.05, 0.1) is 34.6 Å². The van der Waals surface area contributed by atoms with E-state index in [1.165, 1.54) is 0 Å². The lowest BCUT2D eigenvalue weighted by molar-refractivity contribution is 0.0672. The largest absolute Gasteiger partial charge is 0.486 e. The lowest BCUT2D eigenvalue weighted by Gasteiger charge is -2.29. The number of hydrogen-bond donors (Lipinski definition) is 0. The van der Waals surface area contributed by atoms with Gasteiger partial charge in [0.1, 0.15) is 13.2 Å². The lowest BCUT2D eigenvalue weighted by Crippen LogP contribution is -2.36. The third-order valence-electron chi connectivity index (χ3n) is 6.83. The first-order chi connectivity index (χ1) is 17.5. The van der Waals surface area contributed by atoms with Crippen molar-refractivity contribution in [3.05, 3.63) is 66.1 Å². The van der Waals surface area contributed by atoms with Crippen molar-refractivity contribution in [3.63, 3.8) is 0 Å². The molecule has 184 valence electrons. The van der Waals surface area contributed by atoms with Gasteiger partial charge in [-0.2, -0.15) is 5.10 Å². The van der Waals surface area contributed by atoms with Gasteiger partial charge < -0.3 is 14.4 Å². The number of rotatable bonds is 6. The summed E-state index contributed by atoms with van der Waals surface area (Å²) >= 11 is 0. The van der Waals surface area contributed by atoms with Crippen LogP contribution in [0.5, 0.6) is 11.5 Å². The van der Waals surface area contributed by atoms with Gasteiger partial charge in [-0.05, 0) is 70.0 Å². The average Bonchev–Trinajstić information content (AvgIpc) is 3.64. The molecule has 8 heteroatoms. The van der Waals surface area contributed by atoms with Gasteiger partial charge in [0, 0.05) is 23.8 Å². The molecule has 1 fully saturated rings. The Balaban J connectivity index is 1.48. The van der Waals surface area contributed by atoms with E-state index in [1.54, 1.807) is 12.4 Å². The van der Waals surface area contributed by atoms with Crippen LogP contribution in [0.25, 0.3) is 22.3 Å². The summed E-state index contributed by atoms with van der Waals surface area (Å²) in [6.07, 6.45) is 5.53. The second-order valence-corrected chi connectivity index (χ2v) is 9.71. The summed E-state index contributed by atoms with van der Waals surface area (Å²) in [5.74, 6) is 1.39. The highest BCUT2D eigenvalue weighted by molar-refractivity contribution is 6.07. The van der Waals surface area contributed by atoms with Crippen molar-refractivity contribution in [3.8, 4) is 22.8 Å². The number of hydrogen-bond acceptors (Lipinski definition) is 6. The van der Waals surface area contributed by atoms with Gasteiger partial charge in [0.2, 0.25) is 0 Å². The van der Waals surface area contributed by atoms with Gasteiger partial charge in [0.25, 0.3) is 5.91 Å². The standard InChI is InChI=1S/C28H29N5O3/c1-17(2)33-27-22(16-30-33)21(15-24(31-27)19-7-10-25-26(14-19)36-13-12-35-25)28(34)32(20-8-9-20)18(3)23-6-4-5-11-29-23/h4-7,10-11,14-18,20H,8-9,12-13H2,1-3H3. The van der Waals surface area contributed by atoms with Crippen LogP contribution in [-0.2, 0) is 0 Å². The molecule has 8 nitrogen and oxygen atoms in total. The molecule has 0 radical (unpaired) electrons. The van der Waals surface area contributed by atoms with Crippen LogP contribution in [-0.4, -0.2) is 49.8 Å². The number of fused-ring (bicyclic) bond motifs is 2. The third kappa shape index (κ3) is 3.96. The van der Waals surface area contributed by atoms with E-state index < -0.39 is 0 Å². The number of amides is 1. The van der Waals surface area contributed by atoms with Gasteiger partial charge in [-0.25, -0.2) is 9.67 Å². The molecule has 1 aliphatic heterocycles. The average molecular weight is 484 g/mol. The molecule has 1 unspecified atom stereocenters. The van der Waals surface area contributed by atoms with Crippen molar-refractivity contribution in [2.24, 2.45) is 0 Å². The number of benzene rings is 1. The summed E-state index contributed by atoms with van der Waals surface area (Å²) in [5.41, 5.74) is 3.75. The van der Waals surface area contributed by atoms with Crippen LogP contribution in [0, 0.1) is 0 Å². The van der Waals surface area contributed by atoms with Crippen LogP contribution >= 0.6 is 0 Å². The summed E-state index contributed by atoms with van der Waals surface area (Å²) in [5, 5.41) is 5.35. The fourth-order valence-corrected chi connectivity index (χ4v) is 4.84. The van der Waals surface area contributed by atoms with Crippen LogP contribution in [0.1, 0.15) is 61.7 Å². The van der Waals surface area contributed by atoms with Crippen LogP contribution in [0.2, 0.25) is 0 Å². The third-order valence-corrected chi connectivity index (χ3v) is 6.83. The summed E-state index contributed by atoms with van der Waals surface area (Å²) in [6, 6.07) is 13.7. The first-order valence-electron chi connectivity index (χ1n) is 12.5. The zero-order valence-corrected chi connectivity index (χ0v) is 20.7. The van der Waals surface area contributed by atoms with Gasteiger partial charge >= 0.3 is 0 Å². The molecule has 0 N–H and O–H groups in total. The second-order valence-electron chi connectivity index (χ2n) is 9.71. The normalized spacial score (nSPS) is 15.8. The maximum Gasteiger partial charge on any atom is 0.255 e. The Morgan fingerprint density at radius 3 is 2.58 bits per heavy atom. The number of nitrogens with zero attached hydrogens (tertiary/aromatic N) is 5. The van der Waals surface area contributed by atoms with E-state index in [-0.39, 0.29) is 24.0 Å². The number of ether oxygens (including phenoxy) is 2. The minimum absolute atomic E-state index is 0.0230. The van der Waals surface area contributed by atoms with Crippen molar-refractivity contribution in [2.45, 2.75) is 51.7 Å². The molecule has 0 saturated heterocycles. The molecule has 1 aromatic carbocycles. The van der Waals surface area contributed by atoms with E-state index in [9.17, 15) is 4.79 Å². The Morgan fingerprint density at radius 1 is 1.06 bits per heavy atom. The van der Waals surface area contributed by atoms with E-state index in [4.69, 9.17) is 14.5 Å². The van der Waals surface area contributed by atoms with Crippen LogP contribution in [0.4, 0.5) is 0 Å². The summed E-state index contributed by atoms with van der Waals surface area (Å²) in [4.78, 5) is 25.7. The quantitative estimate of drug-likeness (QED) is 0.374. The van der Waals surface area contributed by atoms with E-state index in [2.05, 4.69) is 30.9 Å². The van der Waals surface area contributed by atoms with E-state index in [0.717, 1.165) is 35.2 Å². The molecule has 1 amide bonds. The minimum atomic E-state index is -0.146. The Labute approximate surface area is 209 Å². The smallest absolute Gasteiger partial charge is 0.255 e. The highest BCUT2D eigenvalue weighted by Crippen LogP contribution is 2.38. The molecular weight excluding hydrogens is 454 g/mol. The fourth-order valence-electron chi connectivity index (χ4n) is 4.84. The molecule has 0 spiro atoms. The number of carbonyl (C=O) groups is 1. The molecule has 6 rings (SSSR count). The molecule has 4 heterocycles. The van der Waals surface area contributed by atoms with Crippen molar-refractivity contribution in [1.29, 1.82) is 0 Å². The maximum atomic E-state index is 14.2. The van der Waals surface area contributed by atoms with Gasteiger partial charge in [0.15, 0.2) is 17.1 Å². The molecule has 3 aromatic heterocycles. The molecule has 0 bridgehead atoms. The zero-order valence-electron chi connectivity index (χ0n) is 20.7. The van der Waals surface area contributed by atoms with Gasteiger partial charge in [-0.1, -0.05) is 6.07 Å². The van der Waals surface area contributed by atoms with Crippen molar-refractivity contribution in [1.82, 2.24) is 24.6 Å². The highest BCUT2D eigenvalue weighted by atomic mass is 16.6. The fraction of sp³-hybridized carbons (Fsp3) is 0.357. The van der Waals surface area contributed by atoms with Gasteiger partial charge in [-0.3, -0.25) is 9.78 Å². The van der Waals surface area contributed by atoms with E-state index in [0.29, 0.717) is 35.9 Å². The zero-order chi connectivity index (χ0) is 24.8. The van der Waals surface area contributed by atoms with Crippen molar-refractivity contribution in [2.75, 3.05) is 13.2 Å². The Kier molecular flexibility index (Phi) is 5.59. The number of aromatic nitrogens is 4. The van der Waals surface area contributed by atoms with E-state index >= 15 is 0 Å². The van der Waals surface area contributed by atoms with Crippen molar-refractivity contribution < 1.29 is 14.3 Å². The first-order valence-corrected chi connectivity index (χ1v) is 12.5. The highest BCUT2D eigenvalue weighted by Gasteiger charge is 2.38. The monoisotopic (exact) mass is 483 g/mol. The maximum absolute atomic E-state index is 14.2. The van der Waals surface area contributed by atoms with Crippen molar-refractivity contribution >= 4 is 16.9 Å². The molecular formula is C28H29N5O3. The summed E-state index contributed by atoms with van der Waals surface area (Å²) in [6.45, 7) is 7.22. The Hall–Kier alpha value is -3.94. The predicted molar refractivity (Wildman–Crippen MR) is 136 cm³/mol. The van der Waals surface area contributed by atoms with E-state index in [1.807, 2.05) is 52.0 Å². The molecule has 36 heavy (non-hydrogen) atoms. The van der Waals surface area contributed by atoms with Crippen LogP contribution < -0.4 is 9.47 Å².